The van der Waals surface area contributed by atoms with Crippen LogP contribution < -0.4 is 10.1 Å². The molecule has 0 heterocycles. The van der Waals surface area contributed by atoms with E-state index in [9.17, 15) is 0 Å². The van der Waals surface area contributed by atoms with Crippen molar-refractivity contribution in [3.63, 3.8) is 0 Å². The minimum atomic E-state index is 0.607. The average molecular weight is 283 g/mol. The number of benzene rings is 2. The highest BCUT2D eigenvalue weighted by atomic mass is 16.5. The second-order valence-electron chi connectivity index (χ2n) is 5.47. The summed E-state index contributed by atoms with van der Waals surface area (Å²) in [6.45, 7) is 5.95. The Labute approximate surface area is 128 Å². The van der Waals surface area contributed by atoms with E-state index in [2.05, 4.69) is 67.7 Å². The van der Waals surface area contributed by atoms with Gasteiger partial charge < -0.3 is 10.1 Å². The first-order chi connectivity index (χ1) is 10.2. The molecular formula is C19H25NO. The molecule has 0 bridgehead atoms. The number of ether oxygens (including phenoxy) is 1. The van der Waals surface area contributed by atoms with Crippen LogP contribution in [0, 0.1) is 0 Å². The van der Waals surface area contributed by atoms with Crippen LogP contribution in [0.5, 0.6) is 5.75 Å². The molecule has 0 saturated carbocycles. The van der Waals surface area contributed by atoms with Crippen LogP contribution in [0.4, 0.5) is 0 Å². The van der Waals surface area contributed by atoms with Gasteiger partial charge in [0.05, 0.1) is 0 Å². The van der Waals surface area contributed by atoms with Crippen molar-refractivity contribution in [2.24, 2.45) is 0 Å². The van der Waals surface area contributed by atoms with Crippen molar-refractivity contribution in [3.05, 3.63) is 65.2 Å². The summed E-state index contributed by atoms with van der Waals surface area (Å²) < 4.78 is 5.92. The van der Waals surface area contributed by atoms with Gasteiger partial charge in [-0.05, 0) is 48.2 Å². The van der Waals surface area contributed by atoms with Crippen LogP contribution in [-0.4, -0.2) is 7.05 Å². The molecular weight excluding hydrogens is 258 g/mol. The van der Waals surface area contributed by atoms with E-state index in [1.165, 1.54) is 16.7 Å². The number of nitrogens with one attached hydrogen (secondary N) is 1. The fraction of sp³-hybridized carbons (Fsp3) is 0.368. The average Bonchev–Trinajstić information content (AvgIpc) is 2.54. The molecule has 2 nitrogen and oxygen atoms in total. The summed E-state index contributed by atoms with van der Waals surface area (Å²) in [6, 6.07) is 16.9. The molecule has 112 valence electrons. The largest absolute Gasteiger partial charge is 0.489 e. The molecule has 0 saturated heterocycles. The van der Waals surface area contributed by atoms with Crippen molar-refractivity contribution >= 4 is 0 Å². The third kappa shape index (κ3) is 4.33. The van der Waals surface area contributed by atoms with Crippen LogP contribution in [-0.2, 0) is 13.2 Å². The smallest absolute Gasteiger partial charge is 0.119 e. The molecule has 2 aromatic carbocycles. The summed E-state index contributed by atoms with van der Waals surface area (Å²) in [4.78, 5) is 0. The molecule has 21 heavy (non-hydrogen) atoms. The Morgan fingerprint density at radius 1 is 1.00 bits per heavy atom. The first-order valence-corrected chi connectivity index (χ1v) is 7.68. The Hall–Kier alpha value is -1.80. The van der Waals surface area contributed by atoms with Crippen molar-refractivity contribution in [3.8, 4) is 5.75 Å². The van der Waals surface area contributed by atoms with Crippen molar-refractivity contribution in [2.45, 2.75) is 39.3 Å². The van der Waals surface area contributed by atoms with E-state index in [0.717, 1.165) is 18.7 Å². The fourth-order valence-electron chi connectivity index (χ4n) is 2.35. The van der Waals surface area contributed by atoms with E-state index in [1.54, 1.807) is 0 Å². The zero-order valence-corrected chi connectivity index (χ0v) is 13.2. The van der Waals surface area contributed by atoms with E-state index in [0.29, 0.717) is 12.5 Å². The lowest BCUT2D eigenvalue weighted by atomic mass is 9.99. The van der Waals surface area contributed by atoms with Gasteiger partial charge in [0.2, 0.25) is 0 Å². The maximum Gasteiger partial charge on any atom is 0.119 e. The fourth-order valence-corrected chi connectivity index (χ4v) is 2.35. The molecule has 0 radical (unpaired) electrons. The van der Waals surface area contributed by atoms with Gasteiger partial charge in [0.1, 0.15) is 12.4 Å². The van der Waals surface area contributed by atoms with Gasteiger partial charge in [0.15, 0.2) is 0 Å². The first kappa shape index (κ1) is 15.6. The highest BCUT2D eigenvalue weighted by molar-refractivity contribution is 5.31. The Morgan fingerprint density at radius 2 is 1.67 bits per heavy atom. The number of hydrogen-bond donors (Lipinski definition) is 1. The maximum absolute atomic E-state index is 5.92. The van der Waals surface area contributed by atoms with Gasteiger partial charge in [-0.1, -0.05) is 50.2 Å². The molecule has 0 fully saturated rings. The Morgan fingerprint density at radius 3 is 2.29 bits per heavy atom. The predicted octanol–water partition coefficient (Wildman–Crippen LogP) is 4.50. The second kappa shape index (κ2) is 7.84. The molecule has 0 spiro atoms. The lowest BCUT2D eigenvalue weighted by Crippen LogP contribution is -2.09. The van der Waals surface area contributed by atoms with E-state index in [4.69, 9.17) is 4.74 Å². The first-order valence-electron chi connectivity index (χ1n) is 7.68. The van der Waals surface area contributed by atoms with Crippen LogP contribution in [0.3, 0.4) is 0 Å². The monoisotopic (exact) mass is 283 g/mol. The van der Waals surface area contributed by atoms with Gasteiger partial charge in [0, 0.05) is 6.54 Å². The quantitative estimate of drug-likeness (QED) is 0.808. The molecule has 0 aliphatic heterocycles. The zero-order valence-electron chi connectivity index (χ0n) is 13.2. The van der Waals surface area contributed by atoms with Crippen molar-refractivity contribution in [2.75, 3.05) is 7.05 Å². The maximum atomic E-state index is 5.92. The lowest BCUT2D eigenvalue weighted by Gasteiger charge is -2.12. The molecule has 0 amide bonds. The van der Waals surface area contributed by atoms with Crippen LogP contribution in [0.2, 0.25) is 0 Å². The van der Waals surface area contributed by atoms with Crippen LogP contribution in [0.15, 0.2) is 48.5 Å². The van der Waals surface area contributed by atoms with Gasteiger partial charge in [0.25, 0.3) is 0 Å². The summed E-state index contributed by atoms with van der Waals surface area (Å²) in [5.74, 6) is 1.54. The van der Waals surface area contributed by atoms with Crippen LogP contribution in [0.1, 0.15) is 42.9 Å². The summed E-state index contributed by atoms with van der Waals surface area (Å²) in [7, 11) is 1.96. The Bertz CT molecular complexity index is 548. The van der Waals surface area contributed by atoms with Gasteiger partial charge in [-0.15, -0.1) is 0 Å². The summed E-state index contributed by atoms with van der Waals surface area (Å²) in [6.07, 6.45) is 1.16. The molecule has 1 unspecified atom stereocenters. The predicted molar refractivity (Wildman–Crippen MR) is 88.7 cm³/mol. The topological polar surface area (TPSA) is 21.3 Å². The molecule has 0 aromatic heterocycles. The normalized spacial score (nSPS) is 12.1. The highest BCUT2D eigenvalue weighted by Gasteiger charge is 2.04. The van der Waals surface area contributed by atoms with Crippen molar-refractivity contribution < 1.29 is 4.74 Å². The highest BCUT2D eigenvalue weighted by Crippen LogP contribution is 2.22. The minimum absolute atomic E-state index is 0.607. The molecule has 1 N–H and O–H groups in total. The van der Waals surface area contributed by atoms with E-state index in [1.807, 2.05) is 7.05 Å². The molecule has 2 rings (SSSR count). The molecule has 1 atom stereocenters. The standard InChI is InChI=1S/C19H25NO/c1-4-15(2)16-9-11-19(12-10-16)21-14-18-8-6-5-7-17(18)13-20-3/h5-12,15,20H,4,13-14H2,1-3H3. The van der Waals surface area contributed by atoms with Crippen molar-refractivity contribution in [1.82, 2.24) is 5.32 Å². The SMILES string of the molecule is CCC(C)c1ccc(OCc2ccccc2CNC)cc1. The van der Waals surface area contributed by atoms with Crippen LogP contribution in [0.25, 0.3) is 0 Å². The summed E-state index contributed by atoms with van der Waals surface area (Å²) in [5, 5.41) is 3.19. The van der Waals surface area contributed by atoms with Gasteiger partial charge >= 0.3 is 0 Å². The Balaban J connectivity index is 2.00. The zero-order chi connectivity index (χ0) is 15.1. The molecule has 2 aromatic rings. The molecule has 0 aliphatic carbocycles. The van der Waals surface area contributed by atoms with E-state index < -0.39 is 0 Å². The van der Waals surface area contributed by atoms with E-state index >= 15 is 0 Å². The lowest BCUT2D eigenvalue weighted by molar-refractivity contribution is 0.304. The van der Waals surface area contributed by atoms with E-state index in [-0.39, 0.29) is 0 Å². The van der Waals surface area contributed by atoms with Gasteiger partial charge in [-0.2, -0.15) is 0 Å². The van der Waals surface area contributed by atoms with Gasteiger partial charge in [-0.3, -0.25) is 0 Å². The van der Waals surface area contributed by atoms with Gasteiger partial charge in [-0.25, -0.2) is 0 Å². The third-order valence-electron chi connectivity index (χ3n) is 3.94. The summed E-state index contributed by atoms with van der Waals surface area (Å²) >= 11 is 0. The number of rotatable bonds is 7. The molecule has 2 heteroatoms. The minimum Gasteiger partial charge on any atom is -0.489 e. The van der Waals surface area contributed by atoms with Crippen molar-refractivity contribution in [1.29, 1.82) is 0 Å². The van der Waals surface area contributed by atoms with Crippen LogP contribution >= 0.6 is 0 Å². The second-order valence-corrected chi connectivity index (χ2v) is 5.47. The third-order valence-corrected chi connectivity index (χ3v) is 3.94. The summed E-state index contributed by atoms with van der Waals surface area (Å²) in [5.41, 5.74) is 3.90. The molecule has 0 aliphatic rings. The Kier molecular flexibility index (Phi) is 5.82. The number of hydrogen-bond acceptors (Lipinski definition) is 2.